The van der Waals surface area contributed by atoms with Crippen LogP contribution in [0, 0.1) is 11.7 Å². The molecule has 0 unspecified atom stereocenters. The smallest absolute Gasteiger partial charge is 0.223 e. The number of carbonyl (C=O) groups excluding carboxylic acids is 1. The summed E-state index contributed by atoms with van der Waals surface area (Å²) < 4.78 is 13.0. The van der Waals surface area contributed by atoms with Crippen molar-refractivity contribution in [3.8, 4) is 10.6 Å². The van der Waals surface area contributed by atoms with Crippen LogP contribution in [-0.4, -0.2) is 28.9 Å². The van der Waals surface area contributed by atoms with Gasteiger partial charge in [-0.3, -0.25) is 9.69 Å². The average molecular weight is 438 g/mol. The molecule has 0 bridgehead atoms. The largest absolute Gasteiger partial charge is 0.352 e. The van der Waals surface area contributed by atoms with E-state index in [0.29, 0.717) is 6.54 Å². The van der Waals surface area contributed by atoms with Gasteiger partial charge in [0, 0.05) is 30.0 Å². The minimum atomic E-state index is -0.260. The lowest BCUT2D eigenvalue weighted by molar-refractivity contribution is -0.126. The summed E-state index contributed by atoms with van der Waals surface area (Å²) in [6.07, 6.45) is 2.75. The van der Waals surface area contributed by atoms with E-state index >= 15 is 0 Å². The monoisotopic (exact) mass is 437 g/mol. The molecule has 0 spiro atoms. The first-order valence-electron chi connectivity index (χ1n) is 10.9. The molecule has 31 heavy (non-hydrogen) atoms. The quantitative estimate of drug-likeness (QED) is 0.563. The van der Waals surface area contributed by atoms with Gasteiger partial charge in [-0.1, -0.05) is 43.3 Å². The number of aryl methyl sites for hydroxylation is 1. The predicted octanol–water partition coefficient (Wildman–Crippen LogP) is 5.04. The van der Waals surface area contributed by atoms with Crippen molar-refractivity contribution in [2.75, 3.05) is 13.1 Å². The van der Waals surface area contributed by atoms with Gasteiger partial charge in [-0.15, -0.1) is 11.3 Å². The molecule has 0 aliphatic carbocycles. The van der Waals surface area contributed by atoms with Crippen LogP contribution in [0.5, 0.6) is 0 Å². The molecule has 4 rings (SSSR count). The number of hydrogen-bond acceptors (Lipinski definition) is 4. The molecule has 1 aliphatic heterocycles. The van der Waals surface area contributed by atoms with Gasteiger partial charge >= 0.3 is 0 Å². The highest BCUT2D eigenvalue weighted by Gasteiger charge is 2.25. The number of thiazole rings is 1. The first kappa shape index (κ1) is 21.7. The van der Waals surface area contributed by atoms with Crippen molar-refractivity contribution in [2.24, 2.45) is 5.92 Å². The molecule has 2 heterocycles. The first-order chi connectivity index (χ1) is 15.1. The molecule has 0 atom stereocenters. The Hall–Kier alpha value is -2.57. The second-order valence-corrected chi connectivity index (χ2v) is 8.95. The Kier molecular flexibility index (Phi) is 7.10. The summed E-state index contributed by atoms with van der Waals surface area (Å²) in [4.78, 5) is 19.7. The minimum Gasteiger partial charge on any atom is -0.352 e. The van der Waals surface area contributed by atoms with E-state index in [9.17, 15) is 9.18 Å². The number of rotatable bonds is 7. The van der Waals surface area contributed by atoms with Gasteiger partial charge in [-0.05, 0) is 55.6 Å². The van der Waals surface area contributed by atoms with Crippen LogP contribution >= 0.6 is 11.3 Å². The second kappa shape index (κ2) is 10.2. The normalized spacial score (nSPS) is 15.2. The number of piperidine rings is 1. The Labute approximate surface area is 187 Å². The zero-order chi connectivity index (χ0) is 21.6. The summed E-state index contributed by atoms with van der Waals surface area (Å²) >= 11 is 1.69. The summed E-state index contributed by atoms with van der Waals surface area (Å²) in [7, 11) is 0. The Balaban J connectivity index is 1.24. The lowest BCUT2D eigenvalue weighted by Gasteiger charge is -2.30. The van der Waals surface area contributed by atoms with Crippen molar-refractivity contribution in [1.29, 1.82) is 0 Å². The summed E-state index contributed by atoms with van der Waals surface area (Å²) in [5.74, 6) is -0.126. The van der Waals surface area contributed by atoms with Gasteiger partial charge in [0.05, 0.1) is 5.69 Å². The number of benzene rings is 2. The molecule has 1 aromatic heterocycles. The molecule has 0 radical (unpaired) electrons. The minimum absolute atomic E-state index is 0.0415. The van der Waals surface area contributed by atoms with Crippen LogP contribution in [0.3, 0.4) is 0 Å². The van der Waals surface area contributed by atoms with Crippen molar-refractivity contribution >= 4 is 17.2 Å². The van der Waals surface area contributed by atoms with E-state index in [1.807, 2.05) is 0 Å². The van der Waals surface area contributed by atoms with Crippen LogP contribution in [0.1, 0.15) is 36.6 Å². The molecule has 6 heteroatoms. The van der Waals surface area contributed by atoms with Gasteiger partial charge in [-0.2, -0.15) is 0 Å². The van der Waals surface area contributed by atoms with Crippen LogP contribution < -0.4 is 5.32 Å². The molecule has 1 fully saturated rings. The number of hydrogen-bond donors (Lipinski definition) is 1. The Bertz CT molecular complexity index is 992. The SMILES string of the molecule is CCc1ccc(-c2nc(CN3CCC(C(=O)NCc4ccc(F)cc4)CC3)cs2)cc1. The van der Waals surface area contributed by atoms with E-state index in [1.165, 1.54) is 23.3 Å². The van der Waals surface area contributed by atoms with Crippen molar-refractivity contribution in [2.45, 2.75) is 39.3 Å². The molecule has 3 aromatic rings. The van der Waals surface area contributed by atoms with E-state index in [-0.39, 0.29) is 17.6 Å². The molecule has 1 N–H and O–H groups in total. The van der Waals surface area contributed by atoms with Gasteiger partial charge in [-0.25, -0.2) is 9.37 Å². The molecular formula is C25H28FN3OS. The highest BCUT2D eigenvalue weighted by molar-refractivity contribution is 7.13. The maximum atomic E-state index is 13.0. The Morgan fingerprint density at radius 3 is 2.45 bits per heavy atom. The topological polar surface area (TPSA) is 45.2 Å². The number of halogens is 1. The summed E-state index contributed by atoms with van der Waals surface area (Å²) in [6.45, 7) is 5.22. The summed E-state index contributed by atoms with van der Waals surface area (Å²) in [6, 6.07) is 14.9. The Morgan fingerprint density at radius 1 is 1.10 bits per heavy atom. The molecule has 4 nitrogen and oxygen atoms in total. The fourth-order valence-corrected chi connectivity index (χ4v) is 4.73. The van der Waals surface area contributed by atoms with Crippen molar-refractivity contribution in [3.05, 3.63) is 76.5 Å². The Morgan fingerprint density at radius 2 is 1.77 bits per heavy atom. The standard InChI is InChI=1S/C25H28FN3OS/c1-2-18-3-7-21(8-4-18)25-28-23(17-31-25)16-29-13-11-20(12-14-29)24(30)27-15-19-5-9-22(26)10-6-19/h3-10,17,20H,2,11-16H2,1H3,(H,27,30). The third kappa shape index (κ3) is 5.77. The van der Waals surface area contributed by atoms with Crippen molar-refractivity contribution in [1.82, 2.24) is 15.2 Å². The van der Waals surface area contributed by atoms with Crippen LogP contribution in [0.4, 0.5) is 4.39 Å². The highest BCUT2D eigenvalue weighted by atomic mass is 32.1. The van der Waals surface area contributed by atoms with Crippen LogP contribution in [0.15, 0.2) is 53.9 Å². The maximum Gasteiger partial charge on any atom is 0.223 e. The third-order valence-corrected chi connectivity index (χ3v) is 6.83. The first-order valence-corrected chi connectivity index (χ1v) is 11.8. The predicted molar refractivity (Wildman–Crippen MR) is 123 cm³/mol. The van der Waals surface area contributed by atoms with E-state index in [4.69, 9.17) is 4.98 Å². The molecule has 1 aliphatic rings. The molecule has 1 amide bonds. The molecule has 2 aromatic carbocycles. The second-order valence-electron chi connectivity index (χ2n) is 8.09. The fourth-order valence-electron chi connectivity index (χ4n) is 3.91. The van der Waals surface area contributed by atoms with Crippen LogP contribution in [-0.2, 0) is 24.3 Å². The van der Waals surface area contributed by atoms with E-state index in [1.54, 1.807) is 23.5 Å². The van der Waals surface area contributed by atoms with Crippen LogP contribution in [0.2, 0.25) is 0 Å². The van der Waals surface area contributed by atoms with E-state index in [0.717, 1.165) is 55.2 Å². The number of nitrogens with one attached hydrogen (secondary N) is 1. The number of likely N-dealkylation sites (tertiary alicyclic amines) is 1. The van der Waals surface area contributed by atoms with E-state index in [2.05, 4.69) is 46.8 Å². The highest BCUT2D eigenvalue weighted by Crippen LogP contribution is 2.26. The van der Waals surface area contributed by atoms with Gasteiger partial charge in [0.15, 0.2) is 0 Å². The van der Waals surface area contributed by atoms with E-state index < -0.39 is 0 Å². The van der Waals surface area contributed by atoms with Crippen molar-refractivity contribution < 1.29 is 9.18 Å². The number of aromatic nitrogens is 1. The van der Waals surface area contributed by atoms with Gasteiger partial charge in [0.2, 0.25) is 5.91 Å². The number of nitrogens with zero attached hydrogens (tertiary/aromatic N) is 2. The molecular weight excluding hydrogens is 409 g/mol. The molecule has 0 saturated carbocycles. The lowest BCUT2D eigenvalue weighted by Crippen LogP contribution is -2.40. The van der Waals surface area contributed by atoms with Crippen LogP contribution in [0.25, 0.3) is 10.6 Å². The number of amides is 1. The molecule has 1 saturated heterocycles. The third-order valence-electron chi connectivity index (χ3n) is 5.88. The summed E-state index contributed by atoms with van der Waals surface area (Å²) in [5.41, 5.74) is 4.52. The zero-order valence-electron chi connectivity index (χ0n) is 17.8. The summed E-state index contributed by atoms with van der Waals surface area (Å²) in [5, 5.41) is 6.20. The zero-order valence-corrected chi connectivity index (χ0v) is 18.6. The average Bonchev–Trinajstić information content (AvgIpc) is 3.27. The van der Waals surface area contributed by atoms with Gasteiger partial charge in [0.1, 0.15) is 10.8 Å². The van der Waals surface area contributed by atoms with Gasteiger partial charge in [0.25, 0.3) is 0 Å². The fraction of sp³-hybridized carbons (Fsp3) is 0.360. The van der Waals surface area contributed by atoms with Gasteiger partial charge < -0.3 is 5.32 Å². The molecule has 162 valence electrons. The lowest BCUT2D eigenvalue weighted by atomic mass is 9.95. The van der Waals surface area contributed by atoms with Crippen molar-refractivity contribution in [3.63, 3.8) is 0 Å². The maximum absolute atomic E-state index is 13.0. The number of carbonyl (C=O) groups is 1.